The summed E-state index contributed by atoms with van der Waals surface area (Å²) >= 11 is 5.63. The van der Waals surface area contributed by atoms with E-state index in [1.807, 2.05) is 0 Å². The van der Waals surface area contributed by atoms with Gasteiger partial charge >= 0.3 is 5.97 Å². The van der Waals surface area contributed by atoms with E-state index in [1.54, 1.807) is 6.07 Å². The maximum Gasteiger partial charge on any atom is 0.373 e. The highest BCUT2D eigenvalue weighted by molar-refractivity contribution is 6.31. The van der Waals surface area contributed by atoms with Gasteiger partial charge in [-0.15, -0.1) is 0 Å². The number of carboxylic acids is 1. The zero-order chi connectivity index (χ0) is 12.4. The van der Waals surface area contributed by atoms with Gasteiger partial charge in [-0.25, -0.2) is 19.2 Å². The van der Waals surface area contributed by atoms with Gasteiger partial charge in [-0.2, -0.15) is 0 Å². The summed E-state index contributed by atoms with van der Waals surface area (Å²) in [6.07, 6.45) is 1.26. The Morgan fingerprint density at radius 3 is 2.82 bits per heavy atom. The van der Waals surface area contributed by atoms with Gasteiger partial charge in [0.1, 0.15) is 0 Å². The number of benzene rings is 1. The van der Waals surface area contributed by atoms with Gasteiger partial charge in [0.05, 0.1) is 10.7 Å². The zero-order valence-corrected chi connectivity index (χ0v) is 9.15. The number of carbonyl (C=O) groups is 1. The van der Waals surface area contributed by atoms with Crippen molar-refractivity contribution in [3.05, 3.63) is 47.1 Å². The van der Waals surface area contributed by atoms with Crippen LogP contribution in [0.3, 0.4) is 0 Å². The van der Waals surface area contributed by atoms with Gasteiger partial charge in [0, 0.05) is 11.8 Å². The van der Waals surface area contributed by atoms with Crippen molar-refractivity contribution in [3.63, 3.8) is 0 Å². The molecule has 0 fully saturated rings. The lowest BCUT2D eigenvalue weighted by molar-refractivity contribution is 0.0683. The van der Waals surface area contributed by atoms with E-state index in [0.29, 0.717) is 0 Å². The maximum atomic E-state index is 13.7. The Bertz CT molecular complexity index is 589. The standard InChI is InChI=1S/C11H6ClFN2O2/c12-7-3-1-2-6(9(7)13)8-4-5-14-10(15-8)11(16)17/h1-5H,(H,16,17). The highest BCUT2D eigenvalue weighted by atomic mass is 35.5. The molecule has 0 aliphatic rings. The molecule has 1 N–H and O–H groups in total. The summed E-state index contributed by atoms with van der Waals surface area (Å²) in [5, 5.41) is 8.69. The Kier molecular flexibility index (Phi) is 3.01. The molecular formula is C11H6ClFN2O2. The van der Waals surface area contributed by atoms with E-state index in [4.69, 9.17) is 16.7 Å². The highest BCUT2D eigenvalue weighted by Crippen LogP contribution is 2.25. The summed E-state index contributed by atoms with van der Waals surface area (Å²) in [7, 11) is 0. The van der Waals surface area contributed by atoms with Crippen molar-refractivity contribution in [1.29, 1.82) is 0 Å². The lowest BCUT2D eigenvalue weighted by Gasteiger charge is -2.04. The minimum atomic E-state index is -1.27. The number of hydrogen-bond donors (Lipinski definition) is 1. The van der Waals surface area contributed by atoms with E-state index in [2.05, 4.69) is 9.97 Å². The third-order valence-corrected chi connectivity index (χ3v) is 2.37. The second-order valence-corrected chi connectivity index (χ2v) is 3.58. The van der Waals surface area contributed by atoms with Crippen LogP contribution in [0.2, 0.25) is 5.02 Å². The topological polar surface area (TPSA) is 63.1 Å². The molecule has 0 bridgehead atoms. The van der Waals surface area contributed by atoms with Crippen molar-refractivity contribution in [1.82, 2.24) is 9.97 Å². The molecule has 0 saturated heterocycles. The molecule has 0 amide bonds. The summed E-state index contributed by atoms with van der Waals surface area (Å²) < 4.78 is 13.7. The molecule has 1 heterocycles. The highest BCUT2D eigenvalue weighted by Gasteiger charge is 2.12. The van der Waals surface area contributed by atoms with Crippen LogP contribution in [0.25, 0.3) is 11.3 Å². The maximum absolute atomic E-state index is 13.7. The Hall–Kier alpha value is -2.01. The SMILES string of the molecule is O=C(O)c1nccc(-c2cccc(Cl)c2F)n1. The molecule has 86 valence electrons. The van der Waals surface area contributed by atoms with Crippen LogP contribution >= 0.6 is 11.6 Å². The molecule has 2 aromatic rings. The van der Waals surface area contributed by atoms with E-state index in [-0.39, 0.29) is 22.1 Å². The van der Waals surface area contributed by atoms with E-state index >= 15 is 0 Å². The number of rotatable bonds is 2. The smallest absolute Gasteiger partial charge is 0.373 e. The monoisotopic (exact) mass is 252 g/mol. The molecule has 2 rings (SSSR count). The van der Waals surface area contributed by atoms with Crippen molar-refractivity contribution in [2.45, 2.75) is 0 Å². The average molecular weight is 253 g/mol. The fourth-order valence-corrected chi connectivity index (χ4v) is 1.49. The summed E-state index contributed by atoms with van der Waals surface area (Å²) in [4.78, 5) is 18.0. The van der Waals surface area contributed by atoms with Crippen molar-refractivity contribution in [2.24, 2.45) is 0 Å². The zero-order valence-electron chi connectivity index (χ0n) is 8.39. The summed E-state index contributed by atoms with van der Waals surface area (Å²) in [6.45, 7) is 0. The molecule has 0 aliphatic heterocycles. The fraction of sp³-hybridized carbons (Fsp3) is 0. The molecule has 0 unspecified atom stereocenters. The number of aromatic carboxylic acids is 1. The van der Waals surface area contributed by atoms with Crippen LogP contribution in [0.5, 0.6) is 0 Å². The third kappa shape index (κ3) is 2.24. The van der Waals surface area contributed by atoms with E-state index in [0.717, 1.165) is 0 Å². The first-order valence-corrected chi connectivity index (χ1v) is 4.98. The Balaban J connectivity index is 2.57. The van der Waals surface area contributed by atoms with Crippen LogP contribution in [-0.2, 0) is 0 Å². The minimum Gasteiger partial charge on any atom is -0.475 e. The predicted molar refractivity (Wildman–Crippen MR) is 59.4 cm³/mol. The average Bonchev–Trinajstić information content (AvgIpc) is 2.33. The van der Waals surface area contributed by atoms with Crippen LogP contribution < -0.4 is 0 Å². The lowest BCUT2D eigenvalue weighted by atomic mass is 10.1. The normalized spacial score (nSPS) is 10.2. The molecule has 1 aromatic heterocycles. The Labute approximate surface area is 101 Å². The first-order valence-electron chi connectivity index (χ1n) is 4.60. The largest absolute Gasteiger partial charge is 0.475 e. The van der Waals surface area contributed by atoms with Crippen LogP contribution in [0.4, 0.5) is 4.39 Å². The van der Waals surface area contributed by atoms with Crippen molar-refractivity contribution >= 4 is 17.6 Å². The Morgan fingerprint density at radius 1 is 1.35 bits per heavy atom. The van der Waals surface area contributed by atoms with Gasteiger partial charge in [-0.05, 0) is 18.2 Å². The van der Waals surface area contributed by atoms with E-state index in [1.165, 1.54) is 24.4 Å². The van der Waals surface area contributed by atoms with Crippen molar-refractivity contribution in [2.75, 3.05) is 0 Å². The predicted octanol–water partition coefficient (Wildman–Crippen LogP) is 2.63. The molecule has 0 aliphatic carbocycles. The van der Waals surface area contributed by atoms with Gasteiger partial charge in [-0.3, -0.25) is 0 Å². The Morgan fingerprint density at radius 2 is 2.12 bits per heavy atom. The van der Waals surface area contributed by atoms with Gasteiger partial charge in [0.2, 0.25) is 5.82 Å². The molecule has 0 saturated carbocycles. The molecule has 0 atom stereocenters. The molecule has 4 nitrogen and oxygen atoms in total. The van der Waals surface area contributed by atoms with Crippen molar-refractivity contribution in [3.8, 4) is 11.3 Å². The molecule has 0 spiro atoms. The third-order valence-electron chi connectivity index (χ3n) is 2.07. The fourth-order valence-electron chi connectivity index (χ4n) is 1.31. The molecule has 1 aromatic carbocycles. The van der Waals surface area contributed by atoms with Crippen molar-refractivity contribution < 1.29 is 14.3 Å². The summed E-state index contributed by atoms with van der Waals surface area (Å²) in [6, 6.07) is 5.85. The van der Waals surface area contributed by atoms with E-state index in [9.17, 15) is 9.18 Å². The van der Waals surface area contributed by atoms with Gasteiger partial charge < -0.3 is 5.11 Å². The van der Waals surface area contributed by atoms with Crippen LogP contribution in [-0.4, -0.2) is 21.0 Å². The van der Waals surface area contributed by atoms with Crippen LogP contribution in [0.1, 0.15) is 10.6 Å². The van der Waals surface area contributed by atoms with Gasteiger partial charge in [0.25, 0.3) is 0 Å². The first-order chi connectivity index (χ1) is 8.09. The molecule has 17 heavy (non-hydrogen) atoms. The van der Waals surface area contributed by atoms with Crippen LogP contribution in [0, 0.1) is 5.82 Å². The second kappa shape index (κ2) is 4.47. The number of carboxylic acid groups (broad SMARTS) is 1. The van der Waals surface area contributed by atoms with E-state index < -0.39 is 11.8 Å². The molecule has 6 heteroatoms. The van der Waals surface area contributed by atoms with Gasteiger partial charge in [0.15, 0.2) is 5.82 Å². The summed E-state index contributed by atoms with van der Waals surface area (Å²) in [5.74, 6) is -2.29. The number of halogens is 2. The minimum absolute atomic E-state index is 0.0435. The van der Waals surface area contributed by atoms with Crippen LogP contribution in [0.15, 0.2) is 30.5 Å². The first kappa shape index (κ1) is 11.5. The summed E-state index contributed by atoms with van der Waals surface area (Å²) in [5.41, 5.74) is 0.319. The van der Waals surface area contributed by atoms with Gasteiger partial charge in [-0.1, -0.05) is 17.7 Å². The number of nitrogens with zero attached hydrogens (tertiary/aromatic N) is 2. The molecule has 0 radical (unpaired) electrons. The number of aromatic nitrogens is 2. The second-order valence-electron chi connectivity index (χ2n) is 3.17. The molecular weight excluding hydrogens is 247 g/mol. The quantitative estimate of drug-likeness (QED) is 0.892. The lowest BCUT2D eigenvalue weighted by Crippen LogP contribution is -2.04. The number of hydrogen-bond acceptors (Lipinski definition) is 3.